The summed E-state index contributed by atoms with van der Waals surface area (Å²) in [7, 11) is 0. The number of aryl methyl sites for hydroxylation is 1. The fraction of sp³-hybridized carbons (Fsp3) is 0.294. The van der Waals surface area contributed by atoms with E-state index in [0.29, 0.717) is 16.7 Å². The topological polar surface area (TPSA) is 9.23 Å². The molecule has 0 heterocycles. The van der Waals surface area contributed by atoms with Gasteiger partial charge in [-0.05, 0) is 42.7 Å². The molecule has 1 nitrogen and oxygen atoms in total. The van der Waals surface area contributed by atoms with Gasteiger partial charge in [0.25, 0.3) is 0 Å². The highest BCUT2D eigenvalue weighted by Crippen LogP contribution is 2.31. The molecular formula is C17H18Cl2O. The third-order valence-corrected chi connectivity index (χ3v) is 3.80. The lowest BCUT2D eigenvalue weighted by Crippen LogP contribution is -1.91. The van der Waals surface area contributed by atoms with Crippen molar-refractivity contribution < 1.29 is 4.74 Å². The standard InChI is InChI=1S/C17H18Cl2O/c1-2-3-5-13-8-10-14(11-9-13)20-17-7-4-6-16(19)15(17)12-18/h4,6-11H,2-3,5,12H2,1H3. The van der Waals surface area contributed by atoms with Gasteiger partial charge in [0.05, 0.1) is 5.88 Å². The predicted octanol–water partition coefficient (Wildman–Crippen LogP) is 6.21. The van der Waals surface area contributed by atoms with E-state index in [1.807, 2.05) is 30.3 Å². The Morgan fingerprint density at radius 2 is 1.80 bits per heavy atom. The van der Waals surface area contributed by atoms with Crippen LogP contribution in [0.4, 0.5) is 0 Å². The third-order valence-electron chi connectivity index (χ3n) is 3.18. The van der Waals surface area contributed by atoms with Gasteiger partial charge in [0.15, 0.2) is 0 Å². The van der Waals surface area contributed by atoms with Crippen molar-refractivity contribution in [1.29, 1.82) is 0 Å². The third kappa shape index (κ3) is 3.91. The van der Waals surface area contributed by atoms with Crippen LogP contribution in [0.5, 0.6) is 11.5 Å². The highest BCUT2D eigenvalue weighted by Gasteiger charge is 2.08. The fourth-order valence-corrected chi connectivity index (χ4v) is 2.57. The van der Waals surface area contributed by atoms with E-state index in [-0.39, 0.29) is 0 Å². The summed E-state index contributed by atoms with van der Waals surface area (Å²) in [5.41, 5.74) is 2.16. The molecule has 2 aromatic rings. The molecular weight excluding hydrogens is 291 g/mol. The summed E-state index contributed by atoms with van der Waals surface area (Å²) < 4.78 is 5.87. The molecule has 2 aromatic carbocycles. The summed E-state index contributed by atoms with van der Waals surface area (Å²) in [6.45, 7) is 2.20. The molecule has 0 saturated heterocycles. The van der Waals surface area contributed by atoms with Crippen LogP contribution in [0, 0.1) is 0 Å². The van der Waals surface area contributed by atoms with Gasteiger partial charge in [-0.3, -0.25) is 0 Å². The van der Waals surface area contributed by atoms with Crippen molar-refractivity contribution in [3.8, 4) is 11.5 Å². The van der Waals surface area contributed by atoms with Gasteiger partial charge in [-0.2, -0.15) is 0 Å². The second kappa shape index (κ2) is 7.56. The number of halogens is 2. The molecule has 0 N–H and O–H groups in total. The quantitative estimate of drug-likeness (QED) is 0.576. The first-order valence-electron chi connectivity index (χ1n) is 6.84. The zero-order valence-electron chi connectivity index (χ0n) is 11.5. The summed E-state index contributed by atoms with van der Waals surface area (Å²) in [4.78, 5) is 0. The molecule has 0 aliphatic carbocycles. The average Bonchev–Trinajstić information content (AvgIpc) is 2.47. The molecule has 0 atom stereocenters. The van der Waals surface area contributed by atoms with Crippen LogP contribution in [0.1, 0.15) is 30.9 Å². The Labute approximate surface area is 130 Å². The smallest absolute Gasteiger partial charge is 0.133 e. The first-order valence-corrected chi connectivity index (χ1v) is 7.76. The van der Waals surface area contributed by atoms with E-state index < -0.39 is 0 Å². The Kier molecular flexibility index (Phi) is 5.75. The fourth-order valence-electron chi connectivity index (χ4n) is 2.00. The van der Waals surface area contributed by atoms with E-state index in [1.165, 1.54) is 18.4 Å². The van der Waals surface area contributed by atoms with E-state index >= 15 is 0 Å². The molecule has 0 bridgehead atoms. The largest absolute Gasteiger partial charge is 0.457 e. The molecule has 0 unspecified atom stereocenters. The summed E-state index contributed by atoms with van der Waals surface area (Å²) >= 11 is 12.0. The van der Waals surface area contributed by atoms with Gasteiger partial charge in [-0.1, -0.05) is 43.1 Å². The van der Waals surface area contributed by atoms with E-state index in [1.54, 1.807) is 0 Å². The van der Waals surface area contributed by atoms with Crippen molar-refractivity contribution in [1.82, 2.24) is 0 Å². The number of unbranched alkanes of at least 4 members (excludes halogenated alkanes) is 1. The number of hydrogen-bond acceptors (Lipinski definition) is 1. The van der Waals surface area contributed by atoms with Gasteiger partial charge < -0.3 is 4.74 Å². The van der Waals surface area contributed by atoms with Gasteiger partial charge in [0, 0.05) is 10.6 Å². The molecule has 0 radical (unpaired) electrons. The van der Waals surface area contributed by atoms with Gasteiger partial charge >= 0.3 is 0 Å². The molecule has 0 aromatic heterocycles. The van der Waals surface area contributed by atoms with Crippen molar-refractivity contribution in [3.63, 3.8) is 0 Å². The minimum Gasteiger partial charge on any atom is -0.457 e. The Hall–Kier alpha value is -1.18. The van der Waals surface area contributed by atoms with Crippen molar-refractivity contribution in [2.45, 2.75) is 32.1 Å². The summed E-state index contributed by atoms with van der Waals surface area (Å²) in [5, 5.41) is 0.636. The Morgan fingerprint density at radius 1 is 1.05 bits per heavy atom. The SMILES string of the molecule is CCCCc1ccc(Oc2cccc(Cl)c2CCl)cc1. The van der Waals surface area contributed by atoms with Crippen LogP contribution in [0.3, 0.4) is 0 Å². The van der Waals surface area contributed by atoms with Gasteiger partial charge in [-0.25, -0.2) is 0 Å². The molecule has 0 spiro atoms. The lowest BCUT2D eigenvalue weighted by Gasteiger charge is -2.11. The zero-order chi connectivity index (χ0) is 14.4. The Bertz CT molecular complexity index is 549. The van der Waals surface area contributed by atoms with Crippen molar-refractivity contribution in [3.05, 3.63) is 58.6 Å². The van der Waals surface area contributed by atoms with Gasteiger partial charge in [-0.15, -0.1) is 11.6 Å². The van der Waals surface area contributed by atoms with Crippen LogP contribution in [0.15, 0.2) is 42.5 Å². The molecule has 0 aliphatic heterocycles. The number of hydrogen-bond donors (Lipinski definition) is 0. The predicted molar refractivity (Wildman–Crippen MR) is 86.1 cm³/mol. The number of benzene rings is 2. The molecule has 106 valence electrons. The van der Waals surface area contributed by atoms with Gasteiger partial charge in [0.2, 0.25) is 0 Å². The van der Waals surface area contributed by atoms with Crippen molar-refractivity contribution in [2.24, 2.45) is 0 Å². The summed E-state index contributed by atoms with van der Waals surface area (Å²) in [6, 6.07) is 13.8. The van der Waals surface area contributed by atoms with E-state index in [4.69, 9.17) is 27.9 Å². The van der Waals surface area contributed by atoms with Crippen molar-refractivity contribution in [2.75, 3.05) is 0 Å². The zero-order valence-corrected chi connectivity index (χ0v) is 13.0. The second-order valence-corrected chi connectivity index (χ2v) is 5.37. The molecule has 3 heteroatoms. The number of alkyl halides is 1. The molecule has 0 aliphatic rings. The summed E-state index contributed by atoms with van der Waals surface area (Å²) in [6.07, 6.45) is 3.53. The maximum Gasteiger partial charge on any atom is 0.133 e. The van der Waals surface area contributed by atoms with E-state index in [9.17, 15) is 0 Å². The summed E-state index contributed by atoms with van der Waals surface area (Å²) in [5.74, 6) is 1.86. The first-order chi connectivity index (χ1) is 9.74. The van der Waals surface area contributed by atoms with E-state index in [2.05, 4.69) is 19.1 Å². The van der Waals surface area contributed by atoms with Crippen LogP contribution in [-0.2, 0) is 12.3 Å². The maximum atomic E-state index is 6.11. The Balaban J connectivity index is 2.12. The Morgan fingerprint density at radius 3 is 2.45 bits per heavy atom. The van der Waals surface area contributed by atoms with Crippen LogP contribution >= 0.6 is 23.2 Å². The second-order valence-electron chi connectivity index (χ2n) is 4.70. The molecule has 0 amide bonds. The monoisotopic (exact) mass is 308 g/mol. The number of rotatable bonds is 6. The van der Waals surface area contributed by atoms with E-state index in [0.717, 1.165) is 17.7 Å². The van der Waals surface area contributed by atoms with Crippen LogP contribution in [0.2, 0.25) is 5.02 Å². The molecule has 0 saturated carbocycles. The maximum absolute atomic E-state index is 6.11. The van der Waals surface area contributed by atoms with Crippen LogP contribution in [0.25, 0.3) is 0 Å². The van der Waals surface area contributed by atoms with Crippen LogP contribution in [-0.4, -0.2) is 0 Å². The lowest BCUT2D eigenvalue weighted by molar-refractivity contribution is 0.478. The molecule has 2 rings (SSSR count). The molecule has 0 fully saturated rings. The van der Waals surface area contributed by atoms with Gasteiger partial charge in [0.1, 0.15) is 11.5 Å². The highest BCUT2D eigenvalue weighted by molar-refractivity contribution is 6.32. The average molecular weight is 309 g/mol. The molecule has 20 heavy (non-hydrogen) atoms. The highest BCUT2D eigenvalue weighted by atomic mass is 35.5. The first kappa shape index (κ1) is 15.2. The van der Waals surface area contributed by atoms with Crippen molar-refractivity contribution >= 4 is 23.2 Å². The minimum absolute atomic E-state index is 0.337. The number of ether oxygens (including phenoxy) is 1. The minimum atomic E-state index is 0.337. The van der Waals surface area contributed by atoms with Crippen LogP contribution < -0.4 is 4.74 Å². The lowest BCUT2D eigenvalue weighted by atomic mass is 10.1. The normalized spacial score (nSPS) is 10.6.